The van der Waals surface area contributed by atoms with E-state index < -0.39 is 0 Å². The number of fused-ring (bicyclic) bond motifs is 1. The molecule has 116 valence electrons. The van der Waals surface area contributed by atoms with Gasteiger partial charge in [0.05, 0.1) is 13.2 Å². The maximum absolute atomic E-state index is 5.49. The average molecular weight is 305 g/mol. The Morgan fingerprint density at radius 2 is 1.70 bits per heavy atom. The summed E-state index contributed by atoms with van der Waals surface area (Å²) in [5, 5.41) is 1.25. The largest absolute Gasteiger partial charge is 0.347 e. The zero-order chi connectivity index (χ0) is 15.5. The highest BCUT2D eigenvalue weighted by molar-refractivity contribution is 5.83. The summed E-state index contributed by atoms with van der Waals surface area (Å²) in [6, 6.07) is 21.2. The van der Waals surface area contributed by atoms with Crippen molar-refractivity contribution in [3.8, 4) is 0 Å². The minimum Gasteiger partial charge on any atom is -0.347 e. The van der Waals surface area contributed by atoms with Gasteiger partial charge in [0, 0.05) is 23.1 Å². The van der Waals surface area contributed by atoms with Crippen LogP contribution in [0.25, 0.3) is 17.0 Å². The van der Waals surface area contributed by atoms with Gasteiger partial charge in [-0.2, -0.15) is 0 Å². The predicted molar refractivity (Wildman–Crippen MR) is 92.2 cm³/mol. The van der Waals surface area contributed by atoms with Crippen molar-refractivity contribution in [3.05, 3.63) is 78.0 Å². The molecule has 23 heavy (non-hydrogen) atoms. The molecule has 0 N–H and O–H groups in total. The predicted octanol–water partition coefficient (Wildman–Crippen LogP) is 4.08. The molecule has 0 bridgehead atoms. The summed E-state index contributed by atoms with van der Waals surface area (Å²) in [6.45, 7) is 2.18. The van der Waals surface area contributed by atoms with E-state index in [1.165, 1.54) is 16.5 Å². The van der Waals surface area contributed by atoms with Crippen LogP contribution >= 0.6 is 0 Å². The van der Waals surface area contributed by atoms with Gasteiger partial charge in [0.25, 0.3) is 0 Å². The maximum Gasteiger partial charge on any atom is 0.177 e. The van der Waals surface area contributed by atoms with E-state index >= 15 is 0 Å². The summed E-state index contributed by atoms with van der Waals surface area (Å²) in [6.07, 6.45) is 3.86. The number of hydrogen-bond donors (Lipinski definition) is 0. The molecule has 3 heteroatoms. The van der Waals surface area contributed by atoms with Crippen LogP contribution in [0.3, 0.4) is 0 Å². The Morgan fingerprint density at radius 1 is 0.957 bits per heavy atom. The Kier molecular flexibility index (Phi) is 3.97. The van der Waals surface area contributed by atoms with Gasteiger partial charge >= 0.3 is 0 Å². The van der Waals surface area contributed by atoms with E-state index in [0.29, 0.717) is 13.2 Å². The third-order valence-electron chi connectivity index (χ3n) is 4.10. The molecular weight excluding hydrogens is 286 g/mol. The lowest BCUT2D eigenvalue weighted by molar-refractivity contribution is -0.000922. The second kappa shape index (κ2) is 6.41. The van der Waals surface area contributed by atoms with E-state index in [-0.39, 0.29) is 6.29 Å². The summed E-state index contributed by atoms with van der Waals surface area (Å²) >= 11 is 0. The van der Waals surface area contributed by atoms with Gasteiger partial charge in [-0.05, 0) is 29.8 Å². The van der Waals surface area contributed by atoms with Crippen molar-refractivity contribution < 1.29 is 9.47 Å². The third-order valence-corrected chi connectivity index (χ3v) is 4.10. The highest BCUT2D eigenvalue weighted by Gasteiger charge is 2.13. The van der Waals surface area contributed by atoms with Gasteiger partial charge in [-0.1, -0.05) is 48.5 Å². The number of nitrogens with zero attached hydrogens (tertiary/aromatic N) is 1. The molecule has 1 aromatic heterocycles. The molecule has 4 rings (SSSR count). The summed E-state index contributed by atoms with van der Waals surface area (Å²) in [4.78, 5) is 0. The van der Waals surface area contributed by atoms with Gasteiger partial charge < -0.3 is 14.0 Å². The van der Waals surface area contributed by atoms with E-state index in [2.05, 4.69) is 65.2 Å². The molecule has 0 saturated carbocycles. The quantitative estimate of drug-likeness (QED) is 0.725. The molecule has 0 amide bonds. The molecule has 0 aliphatic carbocycles. The van der Waals surface area contributed by atoms with Crippen LogP contribution in [0.1, 0.15) is 11.3 Å². The number of ether oxygens (including phenoxy) is 2. The molecule has 1 aliphatic rings. The van der Waals surface area contributed by atoms with Crippen molar-refractivity contribution in [2.45, 2.75) is 12.8 Å². The van der Waals surface area contributed by atoms with Crippen molar-refractivity contribution in [1.82, 2.24) is 4.57 Å². The number of aromatic nitrogens is 1. The van der Waals surface area contributed by atoms with Gasteiger partial charge in [0.15, 0.2) is 6.29 Å². The topological polar surface area (TPSA) is 23.4 Å². The molecule has 1 saturated heterocycles. The number of hydrogen-bond acceptors (Lipinski definition) is 2. The Bertz CT molecular complexity index is 814. The highest BCUT2D eigenvalue weighted by atomic mass is 16.7. The molecule has 0 unspecified atom stereocenters. The minimum absolute atomic E-state index is 0.224. The standard InChI is InChI=1S/C20H19NO2/c1-2-6-16(7-3-1)15-21-18(10-11-20-22-12-13-23-20)14-17-8-4-5-9-19(17)21/h1-11,14,20H,12-13,15H2. The van der Waals surface area contributed by atoms with E-state index in [1.54, 1.807) is 0 Å². The van der Waals surface area contributed by atoms with Crippen molar-refractivity contribution in [2.24, 2.45) is 0 Å². The summed E-state index contributed by atoms with van der Waals surface area (Å²) in [5.41, 5.74) is 3.69. The monoisotopic (exact) mass is 305 g/mol. The van der Waals surface area contributed by atoms with Gasteiger partial charge in [-0.25, -0.2) is 0 Å². The highest BCUT2D eigenvalue weighted by Crippen LogP contribution is 2.23. The van der Waals surface area contributed by atoms with Crippen LogP contribution < -0.4 is 0 Å². The Labute approximate surface area is 135 Å². The van der Waals surface area contributed by atoms with E-state index in [9.17, 15) is 0 Å². The fraction of sp³-hybridized carbons (Fsp3) is 0.200. The smallest absolute Gasteiger partial charge is 0.177 e. The maximum atomic E-state index is 5.49. The van der Waals surface area contributed by atoms with Crippen LogP contribution in [0.4, 0.5) is 0 Å². The van der Waals surface area contributed by atoms with Crippen LogP contribution in [-0.4, -0.2) is 24.1 Å². The molecule has 1 aliphatic heterocycles. The molecule has 2 aromatic carbocycles. The van der Waals surface area contributed by atoms with Crippen LogP contribution in [0, 0.1) is 0 Å². The molecule has 3 nitrogen and oxygen atoms in total. The van der Waals surface area contributed by atoms with Crippen molar-refractivity contribution in [3.63, 3.8) is 0 Å². The van der Waals surface area contributed by atoms with Crippen molar-refractivity contribution in [2.75, 3.05) is 13.2 Å². The molecule has 0 radical (unpaired) electrons. The van der Waals surface area contributed by atoms with Crippen LogP contribution in [-0.2, 0) is 16.0 Å². The van der Waals surface area contributed by atoms with Gasteiger partial charge in [0.2, 0.25) is 0 Å². The first kappa shape index (κ1) is 14.2. The SMILES string of the molecule is C(=CC1OCCO1)c1cc2ccccc2n1Cc1ccccc1. The average Bonchev–Trinajstić information content (AvgIpc) is 3.22. The second-order valence-electron chi connectivity index (χ2n) is 5.67. The zero-order valence-electron chi connectivity index (χ0n) is 12.9. The third kappa shape index (κ3) is 3.07. The van der Waals surface area contributed by atoms with E-state index in [1.807, 2.05) is 12.1 Å². The lowest BCUT2D eigenvalue weighted by Crippen LogP contribution is -2.04. The Hall–Kier alpha value is -2.36. The normalized spacial score (nSPS) is 15.8. The van der Waals surface area contributed by atoms with Crippen LogP contribution in [0.2, 0.25) is 0 Å². The molecule has 0 atom stereocenters. The summed E-state index contributed by atoms with van der Waals surface area (Å²) in [7, 11) is 0. The lowest BCUT2D eigenvalue weighted by Gasteiger charge is -2.09. The molecular formula is C20H19NO2. The molecule has 3 aromatic rings. The first-order valence-electron chi connectivity index (χ1n) is 7.94. The zero-order valence-corrected chi connectivity index (χ0v) is 12.9. The summed E-state index contributed by atoms with van der Waals surface area (Å²) < 4.78 is 13.3. The molecule has 1 fully saturated rings. The van der Waals surface area contributed by atoms with Gasteiger partial charge in [-0.3, -0.25) is 0 Å². The van der Waals surface area contributed by atoms with Crippen molar-refractivity contribution in [1.29, 1.82) is 0 Å². The van der Waals surface area contributed by atoms with E-state index in [4.69, 9.17) is 9.47 Å². The number of rotatable bonds is 4. The minimum atomic E-state index is -0.224. The number of para-hydroxylation sites is 1. The van der Waals surface area contributed by atoms with Gasteiger partial charge in [0.1, 0.15) is 0 Å². The van der Waals surface area contributed by atoms with Crippen LogP contribution in [0.5, 0.6) is 0 Å². The fourth-order valence-electron chi connectivity index (χ4n) is 2.98. The van der Waals surface area contributed by atoms with E-state index in [0.717, 1.165) is 12.2 Å². The lowest BCUT2D eigenvalue weighted by atomic mass is 10.2. The molecule has 2 heterocycles. The Morgan fingerprint density at radius 3 is 2.52 bits per heavy atom. The molecule has 0 spiro atoms. The first-order valence-corrected chi connectivity index (χ1v) is 7.94. The van der Waals surface area contributed by atoms with Gasteiger partial charge in [-0.15, -0.1) is 0 Å². The summed E-state index contributed by atoms with van der Waals surface area (Å²) in [5.74, 6) is 0. The Balaban J connectivity index is 1.72. The number of benzene rings is 2. The van der Waals surface area contributed by atoms with Crippen LogP contribution in [0.15, 0.2) is 66.7 Å². The fourth-order valence-corrected chi connectivity index (χ4v) is 2.98. The van der Waals surface area contributed by atoms with Crippen molar-refractivity contribution >= 4 is 17.0 Å². The first-order chi connectivity index (χ1) is 11.4. The second-order valence-corrected chi connectivity index (χ2v) is 5.67.